The number of phenols is 1. The molecule has 3 aromatic rings. The number of piperidine rings is 1. The van der Waals surface area contributed by atoms with E-state index in [9.17, 15) is 5.11 Å². The molecule has 0 amide bonds. The van der Waals surface area contributed by atoms with Gasteiger partial charge in [0.05, 0.1) is 17.9 Å². The molecule has 2 aliphatic heterocycles. The highest BCUT2D eigenvalue weighted by Gasteiger charge is 2.39. The van der Waals surface area contributed by atoms with Crippen LogP contribution >= 0.6 is 0 Å². The molecule has 2 saturated heterocycles. The maximum absolute atomic E-state index is 10.1. The zero-order chi connectivity index (χ0) is 27.7. The second kappa shape index (κ2) is 11.4. The van der Waals surface area contributed by atoms with Gasteiger partial charge in [0.1, 0.15) is 17.1 Å². The second-order valence-electron chi connectivity index (χ2n) is 11.9. The molecule has 0 spiro atoms. The van der Waals surface area contributed by atoms with E-state index in [4.69, 9.17) is 9.97 Å². The number of phenolic OH excluding ortho intramolecular Hbond substituents is 1. The Hall–Kier alpha value is -2.68. The van der Waals surface area contributed by atoms with E-state index in [0.717, 1.165) is 81.1 Å². The average Bonchev–Trinajstić information content (AvgIpc) is 3.28. The van der Waals surface area contributed by atoms with Crippen LogP contribution in [0.25, 0.3) is 11.2 Å². The fourth-order valence-electron chi connectivity index (χ4n) is 7.05. The van der Waals surface area contributed by atoms with Gasteiger partial charge in [-0.1, -0.05) is 25.5 Å². The number of benzene rings is 1. The Morgan fingerprint density at radius 1 is 1.10 bits per heavy atom. The molecule has 0 bridgehead atoms. The lowest BCUT2D eigenvalue weighted by Gasteiger charge is -2.47. The van der Waals surface area contributed by atoms with Gasteiger partial charge in [-0.15, -0.1) is 0 Å². The van der Waals surface area contributed by atoms with E-state index >= 15 is 0 Å². The van der Waals surface area contributed by atoms with Gasteiger partial charge < -0.3 is 19.9 Å². The molecular formula is C31H47N7O. The fraction of sp³-hybridized carbons (Fsp3) is 0.613. The first kappa shape index (κ1) is 27.9. The molecule has 0 radical (unpaired) electrons. The van der Waals surface area contributed by atoms with Gasteiger partial charge in [-0.05, 0) is 77.9 Å². The van der Waals surface area contributed by atoms with Crippen LogP contribution in [0.5, 0.6) is 5.75 Å². The summed E-state index contributed by atoms with van der Waals surface area (Å²) < 4.78 is 2.34. The van der Waals surface area contributed by atoms with Gasteiger partial charge in [0.2, 0.25) is 0 Å². The van der Waals surface area contributed by atoms with Gasteiger partial charge in [0.25, 0.3) is 0 Å². The van der Waals surface area contributed by atoms with Crippen LogP contribution in [0.1, 0.15) is 70.8 Å². The topological polar surface area (TPSA) is 72.7 Å². The maximum atomic E-state index is 10.1. The molecule has 2 aromatic heterocycles. The minimum absolute atomic E-state index is 0.0886. The van der Waals surface area contributed by atoms with Gasteiger partial charge in [-0.2, -0.15) is 0 Å². The highest BCUT2D eigenvalue weighted by molar-refractivity contribution is 5.76. The van der Waals surface area contributed by atoms with Crippen LogP contribution in [0, 0.1) is 0 Å². The van der Waals surface area contributed by atoms with E-state index in [1.54, 1.807) is 6.07 Å². The van der Waals surface area contributed by atoms with Crippen molar-refractivity contribution in [2.24, 2.45) is 0 Å². The Kier molecular flexibility index (Phi) is 8.17. The third-order valence-electron chi connectivity index (χ3n) is 9.00. The van der Waals surface area contributed by atoms with Crippen LogP contribution in [-0.2, 0) is 12.1 Å². The maximum Gasteiger partial charge on any atom is 0.160 e. The summed E-state index contributed by atoms with van der Waals surface area (Å²) in [6, 6.07) is 11.3. The molecule has 212 valence electrons. The van der Waals surface area contributed by atoms with Crippen molar-refractivity contribution < 1.29 is 5.11 Å². The number of hydrogen-bond donors (Lipinski definition) is 2. The lowest BCUT2D eigenvalue weighted by Crippen LogP contribution is -2.55. The van der Waals surface area contributed by atoms with Gasteiger partial charge in [-0.3, -0.25) is 9.80 Å². The van der Waals surface area contributed by atoms with E-state index in [-0.39, 0.29) is 5.54 Å². The summed E-state index contributed by atoms with van der Waals surface area (Å²) in [7, 11) is 4.30. The zero-order valence-electron chi connectivity index (χ0n) is 24.7. The van der Waals surface area contributed by atoms with Gasteiger partial charge in [-0.25, -0.2) is 9.97 Å². The van der Waals surface area contributed by atoms with Crippen molar-refractivity contribution >= 4 is 16.9 Å². The summed E-state index contributed by atoms with van der Waals surface area (Å²) in [6.45, 7) is 13.9. The van der Waals surface area contributed by atoms with E-state index in [0.29, 0.717) is 23.9 Å². The van der Waals surface area contributed by atoms with Crippen LogP contribution in [0.2, 0.25) is 0 Å². The first-order valence-electron chi connectivity index (χ1n) is 14.8. The Morgan fingerprint density at radius 3 is 2.44 bits per heavy atom. The van der Waals surface area contributed by atoms with Gasteiger partial charge in [0.15, 0.2) is 5.65 Å². The zero-order valence-corrected chi connectivity index (χ0v) is 24.7. The SMILES string of the molecule is CCCC(c1nc2cc(N3CCC(c4cccc(O)c4)(N(C)C)CC3)cnc2n1CC)N1C[C@@H](C)N[C@@H](C)C1. The predicted octanol–water partition coefficient (Wildman–Crippen LogP) is 4.74. The summed E-state index contributed by atoms with van der Waals surface area (Å²) >= 11 is 0. The summed E-state index contributed by atoms with van der Waals surface area (Å²) in [4.78, 5) is 17.7. The molecule has 5 rings (SSSR count). The Bertz CT molecular complexity index is 1250. The molecule has 3 atom stereocenters. The number of aromatic nitrogens is 3. The van der Waals surface area contributed by atoms with Crippen molar-refractivity contribution in [2.75, 3.05) is 45.2 Å². The van der Waals surface area contributed by atoms with Crippen molar-refractivity contribution in [3.05, 3.63) is 47.9 Å². The van der Waals surface area contributed by atoms with Gasteiger partial charge in [0, 0.05) is 50.3 Å². The van der Waals surface area contributed by atoms with Crippen LogP contribution in [-0.4, -0.2) is 81.8 Å². The minimum atomic E-state index is -0.0886. The van der Waals surface area contributed by atoms with Crippen LogP contribution < -0.4 is 10.2 Å². The molecule has 39 heavy (non-hydrogen) atoms. The molecule has 2 N–H and O–H groups in total. The van der Waals surface area contributed by atoms with Gasteiger partial charge >= 0.3 is 0 Å². The largest absolute Gasteiger partial charge is 0.508 e. The quantitative estimate of drug-likeness (QED) is 0.433. The molecule has 0 saturated carbocycles. The number of nitrogens with zero attached hydrogens (tertiary/aromatic N) is 6. The third-order valence-corrected chi connectivity index (χ3v) is 9.00. The van der Waals surface area contributed by atoms with E-state index in [1.165, 1.54) is 5.56 Å². The van der Waals surface area contributed by atoms with Crippen molar-refractivity contribution in [3.63, 3.8) is 0 Å². The first-order valence-corrected chi connectivity index (χ1v) is 14.8. The molecule has 1 aromatic carbocycles. The summed E-state index contributed by atoms with van der Waals surface area (Å²) in [5, 5.41) is 13.8. The molecule has 2 aliphatic rings. The molecule has 1 unspecified atom stereocenters. The number of imidazole rings is 1. The summed E-state index contributed by atoms with van der Waals surface area (Å²) in [5.41, 5.74) is 4.24. The lowest BCUT2D eigenvalue weighted by atomic mass is 9.79. The van der Waals surface area contributed by atoms with E-state index in [2.05, 4.69) is 78.5 Å². The summed E-state index contributed by atoms with van der Waals surface area (Å²) in [5.74, 6) is 1.49. The van der Waals surface area contributed by atoms with E-state index in [1.807, 2.05) is 18.3 Å². The van der Waals surface area contributed by atoms with Crippen molar-refractivity contribution in [1.29, 1.82) is 0 Å². The highest BCUT2D eigenvalue weighted by Crippen LogP contribution is 2.40. The number of nitrogens with one attached hydrogen (secondary N) is 1. The first-order chi connectivity index (χ1) is 18.8. The van der Waals surface area contributed by atoms with Crippen molar-refractivity contribution in [1.82, 2.24) is 29.7 Å². The molecule has 2 fully saturated rings. The number of hydrogen-bond acceptors (Lipinski definition) is 7. The Morgan fingerprint density at radius 2 is 1.82 bits per heavy atom. The number of rotatable bonds is 8. The molecular weight excluding hydrogens is 486 g/mol. The smallest absolute Gasteiger partial charge is 0.160 e. The summed E-state index contributed by atoms with van der Waals surface area (Å²) in [6.07, 6.45) is 6.23. The Balaban J connectivity index is 1.42. The number of anilines is 1. The standard InChI is InChI=1S/C31H47N7O/c1-7-10-28(37-20-22(3)33-23(4)21-37)30-34-27-18-25(19-32-29(27)38(30)8-2)36-15-13-31(14-16-36,35(5)6)24-11-9-12-26(39)17-24/h9,11-12,17-19,22-23,28,33,39H,7-8,10,13-16,20-21H2,1-6H3/t22-,23+,28?. The highest BCUT2D eigenvalue weighted by atomic mass is 16.3. The normalized spacial score (nSPS) is 23.0. The Labute approximate surface area is 234 Å². The number of aryl methyl sites for hydroxylation is 1. The molecule has 4 heterocycles. The lowest BCUT2D eigenvalue weighted by molar-refractivity contribution is 0.110. The molecule has 8 heteroatoms. The number of aromatic hydroxyl groups is 1. The molecule has 8 nitrogen and oxygen atoms in total. The van der Waals surface area contributed by atoms with Crippen LogP contribution in [0.3, 0.4) is 0 Å². The van der Waals surface area contributed by atoms with Crippen LogP contribution in [0.4, 0.5) is 5.69 Å². The van der Waals surface area contributed by atoms with Crippen LogP contribution in [0.15, 0.2) is 36.5 Å². The number of piperazine rings is 1. The average molecular weight is 534 g/mol. The monoisotopic (exact) mass is 533 g/mol. The number of pyridine rings is 1. The minimum Gasteiger partial charge on any atom is -0.508 e. The molecule has 0 aliphatic carbocycles. The second-order valence-corrected chi connectivity index (χ2v) is 11.9. The number of fused-ring (bicyclic) bond motifs is 1. The predicted molar refractivity (Wildman–Crippen MR) is 159 cm³/mol. The van der Waals surface area contributed by atoms with Crippen molar-refractivity contribution in [3.8, 4) is 5.75 Å². The third kappa shape index (κ3) is 5.39. The fourth-order valence-corrected chi connectivity index (χ4v) is 7.05. The van der Waals surface area contributed by atoms with Crippen molar-refractivity contribution in [2.45, 2.75) is 83.6 Å². The van der Waals surface area contributed by atoms with E-state index < -0.39 is 0 Å².